The van der Waals surface area contributed by atoms with Crippen LogP contribution in [-0.2, 0) is 10.0 Å². The summed E-state index contributed by atoms with van der Waals surface area (Å²) in [6.07, 6.45) is 4.13. The van der Waals surface area contributed by atoms with Gasteiger partial charge < -0.3 is 9.88 Å². The Labute approximate surface area is 113 Å². The molecule has 106 valence electrons. The minimum atomic E-state index is -3.77. The molecule has 19 heavy (non-hydrogen) atoms. The molecule has 6 nitrogen and oxygen atoms in total. The molecule has 1 amide bonds. The number of likely N-dealkylation sites (tertiary alicyclic amines) is 1. The normalized spacial score (nSPS) is 23.8. The number of rotatable bonds is 3. The van der Waals surface area contributed by atoms with Crippen LogP contribution in [0.5, 0.6) is 0 Å². The van der Waals surface area contributed by atoms with Crippen molar-refractivity contribution in [1.82, 2.24) is 9.88 Å². The van der Waals surface area contributed by atoms with Gasteiger partial charge in [0.05, 0.1) is 4.90 Å². The standard InChI is InChI=1S/C12H19N3O3S/c1-3-9-5-4-8(2)15(9)12(16)11-6-10(7-14-11)19(13,17)18/h6-9,14H,3-5H2,1-2H3,(H2,13,17,18). The lowest BCUT2D eigenvalue weighted by molar-refractivity contribution is 0.0671. The van der Waals surface area contributed by atoms with Gasteiger partial charge in [0.15, 0.2) is 0 Å². The fourth-order valence-electron chi connectivity index (χ4n) is 2.64. The monoisotopic (exact) mass is 285 g/mol. The Morgan fingerprint density at radius 2 is 2.21 bits per heavy atom. The van der Waals surface area contributed by atoms with Gasteiger partial charge in [-0.15, -0.1) is 0 Å². The fourth-order valence-corrected chi connectivity index (χ4v) is 3.15. The Morgan fingerprint density at radius 1 is 1.53 bits per heavy atom. The molecular weight excluding hydrogens is 266 g/mol. The molecule has 1 aromatic heterocycles. The Hall–Kier alpha value is -1.34. The molecule has 1 fully saturated rings. The van der Waals surface area contributed by atoms with E-state index in [4.69, 9.17) is 5.14 Å². The average Bonchev–Trinajstić information content (AvgIpc) is 2.93. The number of aromatic amines is 1. The Bertz CT molecular complexity index is 579. The minimum Gasteiger partial charge on any atom is -0.356 e. The van der Waals surface area contributed by atoms with Crippen molar-refractivity contribution in [3.8, 4) is 0 Å². The largest absolute Gasteiger partial charge is 0.356 e. The zero-order chi connectivity index (χ0) is 14.2. The van der Waals surface area contributed by atoms with Crippen LogP contribution in [0.1, 0.15) is 43.6 Å². The molecule has 1 aliphatic rings. The summed E-state index contributed by atoms with van der Waals surface area (Å²) in [5, 5.41) is 5.03. The summed E-state index contributed by atoms with van der Waals surface area (Å²) in [6, 6.07) is 1.71. The van der Waals surface area contributed by atoms with Gasteiger partial charge in [-0.25, -0.2) is 13.6 Å². The van der Waals surface area contributed by atoms with E-state index in [1.165, 1.54) is 12.3 Å². The van der Waals surface area contributed by atoms with Crippen molar-refractivity contribution in [3.63, 3.8) is 0 Å². The van der Waals surface area contributed by atoms with Crippen LogP contribution in [0.4, 0.5) is 0 Å². The molecule has 0 radical (unpaired) electrons. The molecule has 0 spiro atoms. The van der Waals surface area contributed by atoms with Gasteiger partial charge in [0.2, 0.25) is 10.0 Å². The number of carbonyl (C=O) groups excluding carboxylic acids is 1. The van der Waals surface area contributed by atoms with Crippen molar-refractivity contribution in [2.75, 3.05) is 0 Å². The summed E-state index contributed by atoms with van der Waals surface area (Å²) < 4.78 is 22.4. The van der Waals surface area contributed by atoms with E-state index in [9.17, 15) is 13.2 Å². The molecule has 2 rings (SSSR count). The summed E-state index contributed by atoms with van der Waals surface area (Å²) in [6.45, 7) is 4.06. The quantitative estimate of drug-likeness (QED) is 0.869. The van der Waals surface area contributed by atoms with Crippen LogP contribution in [0, 0.1) is 0 Å². The predicted molar refractivity (Wildman–Crippen MR) is 71.1 cm³/mol. The van der Waals surface area contributed by atoms with Crippen LogP contribution in [0.2, 0.25) is 0 Å². The third-order valence-electron chi connectivity index (χ3n) is 3.71. The molecule has 0 aliphatic carbocycles. The maximum atomic E-state index is 12.4. The number of sulfonamides is 1. The van der Waals surface area contributed by atoms with Crippen molar-refractivity contribution in [3.05, 3.63) is 18.0 Å². The van der Waals surface area contributed by atoms with E-state index in [2.05, 4.69) is 4.98 Å². The lowest BCUT2D eigenvalue weighted by Gasteiger charge is -2.27. The number of nitrogens with two attached hydrogens (primary N) is 1. The molecule has 0 saturated carbocycles. The van der Waals surface area contributed by atoms with Crippen LogP contribution in [-0.4, -0.2) is 36.3 Å². The van der Waals surface area contributed by atoms with Gasteiger partial charge in [0.1, 0.15) is 5.69 Å². The molecule has 0 bridgehead atoms. The van der Waals surface area contributed by atoms with E-state index >= 15 is 0 Å². The second-order valence-corrected chi connectivity index (χ2v) is 6.56. The molecule has 1 saturated heterocycles. The van der Waals surface area contributed by atoms with E-state index in [-0.39, 0.29) is 28.6 Å². The number of carbonyl (C=O) groups is 1. The number of amides is 1. The highest BCUT2D eigenvalue weighted by Crippen LogP contribution is 2.27. The van der Waals surface area contributed by atoms with Gasteiger partial charge in [-0.05, 0) is 32.3 Å². The zero-order valence-electron chi connectivity index (χ0n) is 11.1. The van der Waals surface area contributed by atoms with Crippen LogP contribution in [0.3, 0.4) is 0 Å². The highest BCUT2D eigenvalue weighted by atomic mass is 32.2. The minimum absolute atomic E-state index is 0.0595. The van der Waals surface area contributed by atoms with Crippen molar-refractivity contribution in [2.24, 2.45) is 5.14 Å². The second kappa shape index (κ2) is 4.97. The van der Waals surface area contributed by atoms with Gasteiger partial charge in [-0.2, -0.15) is 0 Å². The van der Waals surface area contributed by atoms with E-state index in [1.807, 2.05) is 18.7 Å². The highest BCUT2D eigenvalue weighted by molar-refractivity contribution is 7.89. The van der Waals surface area contributed by atoms with Gasteiger partial charge in [0, 0.05) is 18.3 Å². The lowest BCUT2D eigenvalue weighted by atomic mass is 10.1. The molecule has 0 aromatic carbocycles. The van der Waals surface area contributed by atoms with Crippen molar-refractivity contribution in [2.45, 2.75) is 50.1 Å². The second-order valence-electron chi connectivity index (χ2n) is 4.99. The van der Waals surface area contributed by atoms with Crippen LogP contribution in [0.15, 0.2) is 17.2 Å². The maximum absolute atomic E-state index is 12.4. The number of nitrogens with zero attached hydrogens (tertiary/aromatic N) is 1. The third-order valence-corrected chi connectivity index (χ3v) is 4.60. The topological polar surface area (TPSA) is 96.3 Å². The number of hydrogen-bond acceptors (Lipinski definition) is 3. The van der Waals surface area contributed by atoms with E-state index < -0.39 is 10.0 Å². The lowest BCUT2D eigenvalue weighted by Crippen LogP contribution is -2.39. The SMILES string of the molecule is CCC1CCC(C)N1C(=O)c1cc(S(N)(=O)=O)c[nH]1. The number of aromatic nitrogens is 1. The number of H-pyrrole nitrogens is 1. The molecule has 1 aliphatic heterocycles. The number of hydrogen-bond donors (Lipinski definition) is 2. The molecule has 1 aromatic rings. The first-order valence-electron chi connectivity index (χ1n) is 6.38. The summed E-state index contributed by atoms with van der Waals surface area (Å²) in [5.74, 6) is -0.160. The van der Waals surface area contributed by atoms with Crippen molar-refractivity contribution >= 4 is 15.9 Å². The molecule has 2 heterocycles. The van der Waals surface area contributed by atoms with Gasteiger partial charge in [0.25, 0.3) is 5.91 Å². The summed E-state index contributed by atoms with van der Waals surface area (Å²) >= 11 is 0. The smallest absolute Gasteiger partial charge is 0.270 e. The summed E-state index contributed by atoms with van der Waals surface area (Å²) in [7, 11) is -3.77. The maximum Gasteiger partial charge on any atom is 0.270 e. The summed E-state index contributed by atoms with van der Waals surface area (Å²) in [5.41, 5.74) is 0.274. The van der Waals surface area contributed by atoms with Gasteiger partial charge in [-0.1, -0.05) is 6.92 Å². The van der Waals surface area contributed by atoms with Crippen molar-refractivity contribution < 1.29 is 13.2 Å². The Balaban J connectivity index is 2.27. The van der Waals surface area contributed by atoms with Gasteiger partial charge in [-0.3, -0.25) is 4.79 Å². The predicted octanol–water partition coefficient (Wildman–Crippen LogP) is 1.07. The highest BCUT2D eigenvalue weighted by Gasteiger charge is 2.34. The van der Waals surface area contributed by atoms with Crippen LogP contribution < -0.4 is 5.14 Å². The third kappa shape index (κ3) is 2.66. The van der Waals surface area contributed by atoms with Crippen LogP contribution in [0.25, 0.3) is 0 Å². The molecular formula is C12H19N3O3S. The Kier molecular flexibility index (Phi) is 3.69. The van der Waals surface area contributed by atoms with Crippen molar-refractivity contribution in [1.29, 1.82) is 0 Å². The zero-order valence-corrected chi connectivity index (χ0v) is 11.9. The number of primary sulfonamides is 1. The first-order valence-corrected chi connectivity index (χ1v) is 7.93. The van der Waals surface area contributed by atoms with E-state index in [1.54, 1.807) is 0 Å². The van der Waals surface area contributed by atoms with E-state index in [0.717, 1.165) is 19.3 Å². The molecule has 2 atom stereocenters. The fraction of sp³-hybridized carbons (Fsp3) is 0.583. The first-order chi connectivity index (χ1) is 8.84. The average molecular weight is 285 g/mol. The molecule has 7 heteroatoms. The first kappa shape index (κ1) is 14.1. The molecule has 3 N–H and O–H groups in total. The van der Waals surface area contributed by atoms with Gasteiger partial charge >= 0.3 is 0 Å². The molecule has 2 unspecified atom stereocenters. The Morgan fingerprint density at radius 3 is 2.74 bits per heavy atom. The van der Waals surface area contributed by atoms with Crippen LogP contribution >= 0.6 is 0 Å². The van der Waals surface area contributed by atoms with E-state index in [0.29, 0.717) is 0 Å². The summed E-state index contributed by atoms with van der Waals surface area (Å²) in [4.78, 5) is 16.9. The number of nitrogens with one attached hydrogen (secondary N) is 1.